The first-order chi connectivity index (χ1) is 9.56. The zero-order valence-corrected chi connectivity index (χ0v) is 13.5. The molecule has 1 aromatic carbocycles. The molecule has 7 heteroatoms. The fourth-order valence-corrected chi connectivity index (χ4v) is 4.48. The van der Waals surface area contributed by atoms with Crippen LogP contribution in [0.15, 0.2) is 16.6 Å². The van der Waals surface area contributed by atoms with Gasteiger partial charge in [0.25, 0.3) is 10.2 Å². The van der Waals surface area contributed by atoms with E-state index in [-0.39, 0.29) is 6.54 Å². The Morgan fingerprint density at radius 1 is 1.30 bits per heavy atom. The van der Waals surface area contributed by atoms with Crippen molar-refractivity contribution >= 4 is 26.1 Å². The van der Waals surface area contributed by atoms with Crippen molar-refractivity contribution < 1.29 is 13.2 Å². The number of fused-ring (bicyclic) bond motifs is 1. The molecule has 2 aliphatic heterocycles. The molecular weight excluding hydrogens is 344 g/mol. The monoisotopic (exact) mass is 360 g/mol. The average Bonchev–Trinajstić information content (AvgIpc) is 3.06. The number of ether oxygens (including phenoxy) is 1. The van der Waals surface area contributed by atoms with Gasteiger partial charge in [-0.25, -0.2) is 0 Å². The van der Waals surface area contributed by atoms with Crippen LogP contribution < -0.4 is 9.46 Å². The number of hydrogen-bond acceptors (Lipinski definition) is 3. The second-order valence-electron chi connectivity index (χ2n) is 5.08. The summed E-state index contributed by atoms with van der Waals surface area (Å²) < 4.78 is 35.0. The van der Waals surface area contributed by atoms with Crippen LogP contribution in [0.3, 0.4) is 0 Å². The number of benzene rings is 1. The molecule has 0 atom stereocenters. The number of nitrogens with zero attached hydrogens (tertiary/aromatic N) is 1. The van der Waals surface area contributed by atoms with Gasteiger partial charge < -0.3 is 4.74 Å². The zero-order valence-electron chi connectivity index (χ0n) is 11.1. The van der Waals surface area contributed by atoms with Gasteiger partial charge in [-0.2, -0.15) is 17.4 Å². The van der Waals surface area contributed by atoms with E-state index < -0.39 is 10.2 Å². The maximum Gasteiger partial charge on any atom is 0.279 e. The van der Waals surface area contributed by atoms with Crippen LogP contribution in [0.2, 0.25) is 0 Å². The van der Waals surface area contributed by atoms with Gasteiger partial charge in [0.15, 0.2) is 0 Å². The van der Waals surface area contributed by atoms with Gasteiger partial charge in [-0.3, -0.25) is 0 Å². The topological polar surface area (TPSA) is 58.6 Å². The maximum absolute atomic E-state index is 12.2. The summed E-state index contributed by atoms with van der Waals surface area (Å²) in [5.41, 5.74) is 2.02. The molecule has 0 aliphatic carbocycles. The summed E-state index contributed by atoms with van der Waals surface area (Å²) in [4.78, 5) is 0. The SMILES string of the molecule is O=S(=O)(NCc1cc(Br)cc2c1OCC2)N1CCCC1. The predicted molar refractivity (Wildman–Crippen MR) is 79.9 cm³/mol. The Morgan fingerprint density at radius 3 is 2.80 bits per heavy atom. The fraction of sp³-hybridized carbons (Fsp3) is 0.538. The lowest BCUT2D eigenvalue weighted by Crippen LogP contribution is -2.38. The molecule has 0 aromatic heterocycles. The lowest BCUT2D eigenvalue weighted by molar-refractivity contribution is 0.353. The summed E-state index contributed by atoms with van der Waals surface area (Å²) in [6, 6.07) is 3.94. The summed E-state index contributed by atoms with van der Waals surface area (Å²) in [5, 5.41) is 0. The molecule has 0 radical (unpaired) electrons. The van der Waals surface area contributed by atoms with E-state index in [0.29, 0.717) is 19.7 Å². The predicted octanol–water partition coefficient (Wildman–Crippen LogP) is 1.81. The Hall–Kier alpha value is -0.630. The molecule has 0 saturated carbocycles. The Balaban J connectivity index is 1.76. The van der Waals surface area contributed by atoms with Crippen LogP contribution in [0.4, 0.5) is 0 Å². The minimum Gasteiger partial charge on any atom is -0.493 e. The molecule has 1 fully saturated rings. The summed E-state index contributed by atoms with van der Waals surface area (Å²) in [6.45, 7) is 2.16. The Kier molecular flexibility index (Phi) is 4.03. The van der Waals surface area contributed by atoms with Crippen molar-refractivity contribution in [2.24, 2.45) is 0 Å². The molecule has 20 heavy (non-hydrogen) atoms. The largest absolute Gasteiger partial charge is 0.493 e. The molecule has 1 saturated heterocycles. The third-order valence-corrected chi connectivity index (χ3v) is 5.69. The summed E-state index contributed by atoms with van der Waals surface area (Å²) in [7, 11) is -3.38. The Labute approximate surface area is 127 Å². The molecule has 2 heterocycles. The molecule has 0 bridgehead atoms. The summed E-state index contributed by atoms with van der Waals surface area (Å²) in [5.74, 6) is 0.831. The van der Waals surface area contributed by atoms with Gasteiger partial charge in [0.2, 0.25) is 0 Å². The molecule has 1 aromatic rings. The Morgan fingerprint density at radius 2 is 2.05 bits per heavy atom. The molecule has 0 amide bonds. The van der Waals surface area contributed by atoms with Gasteiger partial charge in [0.05, 0.1) is 6.61 Å². The van der Waals surface area contributed by atoms with Crippen molar-refractivity contribution in [3.63, 3.8) is 0 Å². The smallest absolute Gasteiger partial charge is 0.279 e. The third kappa shape index (κ3) is 2.86. The minimum absolute atomic E-state index is 0.264. The molecular formula is C13H17BrN2O3S. The van der Waals surface area contributed by atoms with Crippen LogP contribution >= 0.6 is 15.9 Å². The first-order valence-corrected chi connectivity index (χ1v) is 8.98. The molecule has 0 unspecified atom stereocenters. The van der Waals surface area contributed by atoms with Gasteiger partial charge >= 0.3 is 0 Å². The van der Waals surface area contributed by atoms with Crippen LogP contribution in [-0.2, 0) is 23.2 Å². The van der Waals surface area contributed by atoms with Gasteiger partial charge in [-0.05, 0) is 30.5 Å². The zero-order chi connectivity index (χ0) is 14.2. The second kappa shape index (κ2) is 5.63. The van der Waals surface area contributed by atoms with Crippen molar-refractivity contribution in [3.05, 3.63) is 27.7 Å². The van der Waals surface area contributed by atoms with Crippen molar-refractivity contribution in [1.29, 1.82) is 0 Å². The van der Waals surface area contributed by atoms with Crippen LogP contribution in [0.1, 0.15) is 24.0 Å². The fourth-order valence-electron chi connectivity index (χ4n) is 2.67. The minimum atomic E-state index is -3.38. The normalized spacial score (nSPS) is 19.1. The van der Waals surface area contributed by atoms with E-state index in [9.17, 15) is 8.42 Å². The van der Waals surface area contributed by atoms with Crippen molar-refractivity contribution in [2.45, 2.75) is 25.8 Å². The first kappa shape index (κ1) is 14.3. The number of rotatable bonds is 4. The summed E-state index contributed by atoms with van der Waals surface area (Å²) in [6.07, 6.45) is 2.76. The molecule has 0 spiro atoms. The van der Waals surface area contributed by atoms with Gasteiger partial charge in [-0.15, -0.1) is 0 Å². The molecule has 3 rings (SSSR count). The average molecular weight is 361 g/mol. The van der Waals surface area contributed by atoms with E-state index in [4.69, 9.17) is 4.74 Å². The second-order valence-corrected chi connectivity index (χ2v) is 7.75. The van der Waals surface area contributed by atoms with E-state index in [0.717, 1.165) is 40.6 Å². The lowest BCUT2D eigenvalue weighted by atomic mass is 10.1. The number of hydrogen-bond donors (Lipinski definition) is 1. The highest BCUT2D eigenvalue weighted by atomic mass is 79.9. The van der Waals surface area contributed by atoms with Crippen LogP contribution in [0.5, 0.6) is 5.75 Å². The lowest BCUT2D eigenvalue weighted by Gasteiger charge is -2.17. The first-order valence-electron chi connectivity index (χ1n) is 6.75. The maximum atomic E-state index is 12.2. The van der Waals surface area contributed by atoms with Crippen LogP contribution in [-0.4, -0.2) is 32.4 Å². The van der Waals surface area contributed by atoms with Crippen LogP contribution in [0.25, 0.3) is 0 Å². The van der Waals surface area contributed by atoms with Gasteiger partial charge in [0, 0.05) is 36.1 Å². The van der Waals surface area contributed by atoms with E-state index in [2.05, 4.69) is 20.7 Å². The Bertz CT molecular complexity index is 612. The van der Waals surface area contributed by atoms with Gasteiger partial charge in [-0.1, -0.05) is 15.9 Å². The molecule has 1 N–H and O–H groups in total. The van der Waals surface area contributed by atoms with E-state index in [1.807, 2.05) is 12.1 Å². The van der Waals surface area contributed by atoms with Gasteiger partial charge in [0.1, 0.15) is 5.75 Å². The van der Waals surface area contributed by atoms with Crippen LogP contribution in [0, 0.1) is 0 Å². The molecule has 2 aliphatic rings. The van der Waals surface area contributed by atoms with E-state index in [1.54, 1.807) is 0 Å². The summed E-state index contributed by atoms with van der Waals surface area (Å²) >= 11 is 3.46. The molecule has 5 nitrogen and oxygen atoms in total. The number of halogens is 1. The van der Waals surface area contributed by atoms with Crippen molar-refractivity contribution in [2.75, 3.05) is 19.7 Å². The standard InChI is InChI=1S/C13H17BrN2O3S/c14-12-7-10-3-6-19-13(10)11(8-12)9-15-20(17,18)16-4-1-2-5-16/h7-8,15H,1-6,9H2. The van der Waals surface area contributed by atoms with Crippen molar-refractivity contribution in [1.82, 2.24) is 9.03 Å². The number of nitrogens with one attached hydrogen (secondary N) is 1. The quantitative estimate of drug-likeness (QED) is 0.890. The highest BCUT2D eigenvalue weighted by Gasteiger charge is 2.26. The highest BCUT2D eigenvalue weighted by molar-refractivity contribution is 9.10. The highest BCUT2D eigenvalue weighted by Crippen LogP contribution is 2.33. The van der Waals surface area contributed by atoms with E-state index >= 15 is 0 Å². The molecule has 110 valence electrons. The van der Waals surface area contributed by atoms with Crippen molar-refractivity contribution in [3.8, 4) is 5.75 Å². The van der Waals surface area contributed by atoms with E-state index in [1.165, 1.54) is 4.31 Å². The third-order valence-electron chi connectivity index (χ3n) is 3.68.